The van der Waals surface area contributed by atoms with Crippen LogP contribution in [0.3, 0.4) is 0 Å². The zero-order chi connectivity index (χ0) is 20.4. The summed E-state index contributed by atoms with van der Waals surface area (Å²) >= 11 is 6.03. The molecule has 0 aliphatic carbocycles. The van der Waals surface area contributed by atoms with Crippen LogP contribution < -0.4 is 4.90 Å². The molecule has 1 aromatic carbocycles. The molecule has 6 nitrogen and oxygen atoms in total. The van der Waals surface area contributed by atoms with Gasteiger partial charge in [-0.25, -0.2) is 4.90 Å². The van der Waals surface area contributed by atoms with Crippen LogP contribution in [0.4, 0.5) is 5.69 Å². The van der Waals surface area contributed by atoms with Crippen LogP contribution in [0.25, 0.3) is 0 Å². The van der Waals surface area contributed by atoms with E-state index in [-0.39, 0.29) is 30.1 Å². The smallest absolute Gasteiger partial charge is 0.251 e. The number of anilines is 1. The van der Waals surface area contributed by atoms with Crippen LogP contribution in [0, 0.1) is 5.92 Å². The van der Waals surface area contributed by atoms with Crippen molar-refractivity contribution in [1.29, 1.82) is 0 Å². The van der Waals surface area contributed by atoms with Crippen molar-refractivity contribution >= 4 is 35.0 Å². The van der Waals surface area contributed by atoms with Crippen LogP contribution in [-0.4, -0.2) is 59.7 Å². The maximum absolute atomic E-state index is 13.0. The fourth-order valence-corrected chi connectivity index (χ4v) is 4.98. The quantitative estimate of drug-likeness (QED) is 0.709. The molecule has 1 aromatic rings. The second-order valence-corrected chi connectivity index (χ2v) is 8.75. The molecule has 3 aliphatic rings. The Labute approximate surface area is 176 Å². The van der Waals surface area contributed by atoms with Crippen LogP contribution in [0.1, 0.15) is 44.9 Å². The average Bonchev–Trinajstić information content (AvgIpc) is 2.90. The van der Waals surface area contributed by atoms with Gasteiger partial charge in [0.2, 0.25) is 11.8 Å². The van der Waals surface area contributed by atoms with Crippen LogP contribution in [0.15, 0.2) is 24.3 Å². The summed E-state index contributed by atoms with van der Waals surface area (Å²) in [7, 11) is 0. The van der Waals surface area contributed by atoms with E-state index in [4.69, 9.17) is 11.6 Å². The number of benzene rings is 1. The van der Waals surface area contributed by atoms with Gasteiger partial charge in [0.15, 0.2) is 0 Å². The normalized spacial score (nSPS) is 24.8. The van der Waals surface area contributed by atoms with E-state index in [0.29, 0.717) is 23.8 Å². The third kappa shape index (κ3) is 4.33. The van der Waals surface area contributed by atoms with E-state index in [1.165, 1.54) is 17.7 Å². The summed E-state index contributed by atoms with van der Waals surface area (Å²) in [6.45, 7) is 3.11. The number of piperidine rings is 1. The van der Waals surface area contributed by atoms with Crippen LogP contribution in [-0.2, 0) is 14.4 Å². The van der Waals surface area contributed by atoms with Crippen molar-refractivity contribution in [1.82, 2.24) is 9.80 Å². The SMILES string of the molecule is O=C(C1CCN([C@H]2CC(=O)N(c3cccc(Cl)c3)C2=O)CC1)N1CCCCCC1. The van der Waals surface area contributed by atoms with Gasteiger partial charge in [0.1, 0.15) is 0 Å². The van der Waals surface area contributed by atoms with Gasteiger partial charge in [0.05, 0.1) is 18.2 Å². The molecule has 4 rings (SSSR count). The zero-order valence-electron chi connectivity index (χ0n) is 16.7. The molecule has 3 heterocycles. The highest BCUT2D eigenvalue weighted by atomic mass is 35.5. The van der Waals surface area contributed by atoms with Gasteiger partial charge in [-0.3, -0.25) is 19.3 Å². The first-order valence-electron chi connectivity index (χ1n) is 10.7. The molecule has 0 unspecified atom stereocenters. The number of hydrogen-bond donors (Lipinski definition) is 0. The van der Waals surface area contributed by atoms with Gasteiger partial charge >= 0.3 is 0 Å². The number of carbonyl (C=O) groups is 3. The third-order valence-corrected chi connectivity index (χ3v) is 6.66. The predicted molar refractivity (Wildman–Crippen MR) is 112 cm³/mol. The third-order valence-electron chi connectivity index (χ3n) is 6.43. The highest BCUT2D eigenvalue weighted by molar-refractivity contribution is 6.31. The maximum atomic E-state index is 13.0. The van der Waals surface area contributed by atoms with E-state index >= 15 is 0 Å². The van der Waals surface area contributed by atoms with Crippen molar-refractivity contribution in [2.45, 2.75) is 51.0 Å². The fraction of sp³-hybridized carbons (Fsp3) is 0.591. The number of rotatable bonds is 3. The molecule has 7 heteroatoms. The van der Waals surface area contributed by atoms with Crippen molar-refractivity contribution in [3.05, 3.63) is 29.3 Å². The van der Waals surface area contributed by atoms with Crippen LogP contribution >= 0.6 is 11.6 Å². The summed E-state index contributed by atoms with van der Waals surface area (Å²) in [6.07, 6.45) is 6.32. The average molecular weight is 418 g/mol. The van der Waals surface area contributed by atoms with Crippen molar-refractivity contribution in [3.8, 4) is 0 Å². The molecule has 3 saturated heterocycles. The Morgan fingerprint density at radius 3 is 2.31 bits per heavy atom. The minimum atomic E-state index is -0.435. The molecule has 3 fully saturated rings. The summed E-state index contributed by atoms with van der Waals surface area (Å²) in [5.41, 5.74) is 0.529. The molecule has 0 bridgehead atoms. The number of likely N-dealkylation sites (tertiary alicyclic amines) is 2. The fourth-order valence-electron chi connectivity index (χ4n) is 4.80. The lowest BCUT2D eigenvalue weighted by molar-refractivity contribution is -0.137. The highest BCUT2D eigenvalue weighted by Gasteiger charge is 2.44. The molecule has 0 saturated carbocycles. The molecule has 0 aromatic heterocycles. The Hall–Kier alpha value is -1.92. The topological polar surface area (TPSA) is 60.9 Å². The Morgan fingerprint density at radius 1 is 0.966 bits per heavy atom. The Morgan fingerprint density at radius 2 is 1.66 bits per heavy atom. The highest BCUT2D eigenvalue weighted by Crippen LogP contribution is 2.30. The van der Waals surface area contributed by atoms with Gasteiger partial charge in [-0.05, 0) is 57.0 Å². The Balaban J connectivity index is 1.37. The standard InChI is InChI=1S/C22H28ClN3O3/c23-17-6-5-7-18(14-17)26-20(27)15-19(22(26)29)24-12-8-16(9-13-24)21(28)25-10-3-1-2-4-11-25/h5-7,14,16,19H,1-4,8-13,15H2/t19-/m0/s1. The molecular formula is C22H28ClN3O3. The Kier molecular flexibility index (Phi) is 6.20. The second kappa shape index (κ2) is 8.84. The van der Waals surface area contributed by atoms with Gasteiger partial charge in [0.25, 0.3) is 5.91 Å². The van der Waals surface area contributed by atoms with E-state index in [1.54, 1.807) is 24.3 Å². The van der Waals surface area contributed by atoms with Crippen LogP contribution in [0.5, 0.6) is 0 Å². The van der Waals surface area contributed by atoms with E-state index in [2.05, 4.69) is 4.90 Å². The van der Waals surface area contributed by atoms with E-state index in [9.17, 15) is 14.4 Å². The number of amides is 3. The lowest BCUT2D eigenvalue weighted by Gasteiger charge is -2.36. The Bertz CT molecular complexity index is 783. The summed E-state index contributed by atoms with van der Waals surface area (Å²) in [6, 6.07) is 6.41. The molecule has 0 N–H and O–H groups in total. The van der Waals surface area contributed by atoms with Crippen molar-refractivity contribution < 1.29 is 14.4 Å². The van der Waals surface area contributed by atoms with Gasteiger partial charge in [-0.2, -0.15) is 0 Å². The van der Waals surface area contributed by atoms with Crippen LogP contribution in [0.2, 0.25) is 5.02 Å². The van der Waals surface area contributed by atoms with E-state index < -0.39 is 6.04 Å². The molecule has 0 radical (unpaired) electrons. The molecule has 156 valence electrons. The first-order chi connectivity index (χ1) is 14.0. The van der Waals surface area contributed by atoms with Crippen molar-refractivity contribution in [3.63, 3.8) is 0 Å². The van der Waals surface area contributed by atoms with Gasteiger partial charge in [-0.15, -0.1) is 0 Å². The molecule has 1 atom stereocenters. The van der Waals surface area contributed by atoms with E-state index in [1.807, 2.05) is 4.90 Å². The molecule has 0 spiro atoms. The van der Waals surface area contributed by atoms with Gasteiger partial charge in [-0.1, -0.05) is 30.5 Å². The first kappa shape index (κ1) is 20.4. The van der Waals surface area contributed by atoms with E-state index in [0.717, 1.165) is 38.8 Å². The van der Waals surface area contributed by atoms with Gasteiger partial charge in [0, 0.05) is 24.0 Å². The molecule has 3 amide bonds. The van der Waals surface area contributed by atoms with Gasteiger partial charge < -0.3 is 4.90 Å². The number of carbonyl (C=O) groups excluding carboxylic acids is 3. The van der Waals surface area contributed by atoms with Crippen molar-refractivity contribution in [2.75, 3.05) is 31.1 Å². The summed E-state index contributed by atoms with van der Waals surface area (Å²) in [5.74, 6) is -0.0545. The second-order valence-electron chi connectivity index (χ2n) is 8.32. The number of imide groups is 1. The lowest BCUT2D eigenvalue weighted by Crippen LogP contribution is -2.48. The molecular weight excluding hydrogens is 390 g/mol. The zero-order valence-corrected chi connectivity index (χ0v) is 17.4. The molecule has 3 aliphatic heterocycles. The lowest BCUT2D eigenvalue weighted by atomic mass is 9.94. The number of nitrogens with zero attached hydrogens (tertiary/aromatic N) is 3. The molecule has 29 heavy (non-hydrogen) atoms. The first-order valence-corrected chi connectivity index (χ1v) is 11.1. The summed E-state index contributed by atoms with van der Waals surface area (Å²) in [4.78, 5) is 43.8. The minimum absolute atomic E-state index is 0.0422. The number of hydrogen-bond acceptors (Lipinski definition) is 4. The predicted octanol–water partition coefficient (Wildman–Crippen LogP) is 3.09. The largest absolute Gasteiger partial charge is 0.342 e. The summed E-state index contributed by atoms with van der Waals surface area (Å²) < 4.78 is 0. The maximum Gasteiger partial charge on any atom is 0.251 e. The monoisotopic (exact) mass is 417 g/mol. The minimum Gasteiger partial charge on any atom is -0.342 e. The number of halogens is 1. The van der Waals surface area contributed by atoms with Crippen molar-refractivity contribution in [2.24, 2.45) is 5.92 Å². The summed E-state index contributed by atoms with van der Waals surface area (Å²) in [5, 5.41) is 0.499.